The van der Waals surface area contributed by atoms with Gasteiger partial charge in [0, 0.05) is 11.8 Å². The van der Waals surface area contributed by atoms with Gasteiger partial charge in [-0.15, -0.1) is 0 Å². The minimum absolute atomic E-state index is 0.0811. The van der Waals surface area contributed by atoms with Gasteiger partial charge in [-0.25, -0.2) is 9.78 Å². The van der Waals surface area contributed by atoms with Crippen molar-refractivity contribution in [3.05, 3.63) is 50.5 Å². The molecule has 0 aliphatic rings. The fourth-order valence-electron chi connectivity index (χ4n) is 1.38. The molecule has 0 radical (unpaired) electrons. The Kier molecular flexibility index (Phi) is 3.36. The minimum Gasteiger partial charge on any atom is -0.476 e. The molecule has 2 rings (SSSR count). The van der Waals surface area contributed by atoms with E-state index in [1.54, 1.807) is 12.1 Å². The second kappa shape index (κ2) is 4.80. The number of benzene rings is 1. The highest BCUT2D eigenvalue weighted by Gasteiger charge is 2.14. The Morgan fingerprint density at radius 3 is 2.72 bits per heavy atom. The van der Waals surface area contributed by atoms with E-state index in [1.807, 2.05) is 0 Å². The van der Waals surface area contributed by atoms with E-state index in [1.165, 1.54) is 6.07 Å². The third-order valence-electron chi connectivity index (χ3n) is 2.21. The van der Waals surface area contributed by atoms with Gasteiger partial charge in [0.25, 0.3) is 5.56 Å². The summed E-state index contributed by atoms with van der Waals surface area (Å²) >= 11 is 11.8. The van der Waals surface area contributed by atoms with Crippen LogP contribution in [0.3, 0.4) is 0 Å². The topological polar surface area (TPSA) is 83.0 Å². The summed E-state index contributed by atoms with van der Waals surface area (Å²) in [5.74, 6) is -1.24. The predicted octanol–water partition coefficient (Wildman–Crippen LogP) is 2.44. The molecule has 1 aromatic heterocycles. The fraction of sp³-hybridized carbons (Fsp3) is 0. The quantitative estimate of drug-likeness (QED) is 0.887. The molecule has 2 N–H and O–H groups in total. The molecule has 0 amide bonds. The van der Waals surface area contributed by atoms with E-state index < -0.39 is 11.5 Å². The van der Waals surface area contributed by atoms with Crippen molar-refractivity contribution < 1.29 is 9.90 Å². The first kappa shape index (κ1) is 12.6. The molecule has 0 aliphatic carbocycles. The van der Waals surface area contributed by atoms with Crippen molar-refractivity contribution in [3.8, 4) is 11.3 Å². The SMILES string of the molecule is O=C(O)c1c[nH]c(=O)c(-c2cccc(Cl)c2Cl)n1. The Bertz CT molecular complexity index is 682. The van der Waals surface area contributed by atoms with Crippen LogP contribution in [0.5, 0.6) is 0 Å². The van der Waals surface area contributed by atoms with Crippen LogP contribution < -0.4 is 5.56 Å². The van der Waals surface area contributed by atoms with Gasteiger partial charge >= 0.3 is 5.97 Å². The molecule has 0 unspecified atom stereocenters. The van der Waals surface area contributed by atoms with Crippen molar-refractivity contribution in [2.45, 2.75) is 0 Å². The molecule has 1 aromatic carbocycles. The molecule has 0 atom stereocenters. The van der Waals surface area contributed by atoms with E-state index >= 15 is 0 Å². The number of halogens is 2. The van der Waals surface area contributed by atoms with Crippen LogP contribution in [-0.2, 0) is 0 Å². The van der Waals surface area contributed by atoms with Crippen LogP contribution in [0.15, 0.2) is 29.2 Å². The standard InChI is InChI=1S/C11H6Cl2N2O3/c12-6-3-1-2-5(8(6)13)9-10(16)14-4-7(15-9)11(17)18/h1-4H,(H,14,16)(H,17,18). The van der Waals surface area contributed by atoms with Crippen molar-refractivity contribution in [2.75, 3.05) is 0 Å². The van der Waals surface area contributed by atoms with E-state index in [0.717, 1.165) is 6.20 Å². The van der Waals surface area contributed by atoms with Crippen molar-refractivity contribution >= 4 is 29.2 Å². The lowest BCUT2D eigenvalue weighted by molar-refractivity contribution is 0.0690. The highest BCUT2D eigenvalue weighted by molar-refractivity contribution is 6.43. The van der Waals surface area contributed by atoms with E-state index in [0.29, 0.717) is 0 Å². The predicted molar refractivity (Wildman–Crippen MR) is 67.3 cm³/mol. The zero-order chi connectivity index (χ0) is 13.3. The second-order valence-electron chi connectivity index (χ2n) is 3.37. The van der Waals surface area contributed by atoms with E-state index in [9.17, 15) is 9.59 Å². The molecule has 0 bridgehead atoms. The average molecular weight is 285 g/mol. The van der Waals surface area contributed by atoms with Crippen molar-refractivity contribution in [1.82, 2.24) is 9.97 Å². The average Bonchev–Trinajstić information content (AvgIpc) is 2.33. The summed E-state index contributed by atoms with van der Waals surface area (Å²) in [6, 6.07) is 4.69. The van der Waals surface area contributed by atoms with Gasteiger partial charge in [0.05, 0.1) is 10.0 Å². The molecular formula is C11H6Cl2N2O3. The Labute approximate surface area is 111 Å². The Morgan fingerprint density at radius 2 is 2.06 bits per heavy atom. The van der Waals surface area contributed by atoms with Gasteiger partial charge < -0.3 is 10.1 Å². The van der Waals surface area contributed by atoms with Crippen LogP contribution in [-0.4, -0.2) is 21.0 Å². The van der Waals surface area contributed by atoms with Gasteiger partial charge in [-0.3, -0.25) is 4.79 Å². The van der Waals surface area contributed by atoms with Crippen LogP contribution in [0, 0.1) is 0 Å². The summed E-state index contributed by atoms with van der Waals surface area (Å²) in [5, 5.41) is 9.24. The Hall–Kier alpha value is -1.85. The zero-order valence-corrected chi connectivity index (χ0v) is 10.3. The summed E-state index contributed by atoms with van der Waals surface area (Å²) in [4.78, 5) is 28.5. The largest absolute Gasteiger partial charge is 0.476 e. The number of nitrogens with zero attached hydrogens (tertiary/aromatic N) is 1. The number of carbonyl (C=O) groups is 1. The van der Waals surface area contributed by atoms with E-state index in [4.69, 9.17) is 28.3 Å². The van der Waals surface area contributed by atoms with Crippen molar-refractivity contribution in [2.24, 2.45) is 0 Å². The highest BCUT2D eigenvalue weighted by Crippen LogP contribution is 2.30. The van der Waals surface area contributed by atoms with E-state index in [-0.39, 0.29) is 27.0 Å². The highest BCUT2D eigenvalue weighted by atomic mass is 35.5. The minimum atomic E-state index is -1.24. The number of carboxylic acid groups (broad SMARTS) is 1. The molecule has 0 spiro atoms. The third-order valence-corrected chi connectivity index (χ3v) is 3.03. The normalized spacial score (nSPS) is 10.3. The lowest BCUT2D eigenvalue weighted by Crippen LogP contribution is -2.15. The van der Waals surface area contributed by atoms with E-state index in [2.05, 4.69) is 9.97 Å². The maximum atomic E-state index is 11.6. The molecule has 0 saturated heterocycles. The van der Waals surface area contributed by atoms with Gasteiger partial charge in [-0.05, 0) is 6.07 Å². The smallest absolute Gasteiger partial charge is 0.356 e. The van der Waals surface area contributed by atoms with Crippen LogP contribution in [0.1, 0.15) is 10.5 Å². The molecule has 92 valence electrons. The van der Waals surface area contributed by atoms with Gasteiger partial charge in [0.1, 0.15) is 5.69 Å². The van der Waals surface area contributed by atoms with Crippen molar-refractivity contribution in [3.63, 3.8) is 0 Å². The van der Waals surface area contributed by atoms with Gasteiger partial charge in [-0.2, -0.15) is 0 Å². The Balaban J connectivity index is 2.70. The zero-order valence-electron chi connectivity index (χ0n) is 8.78. The van der Waals surface area contributed by atoms with Crippen LogP contribution >= 0.6 is 23.2 Å². The number of aromatic nitrogens is 2. The summed E-state index contributed by atoms with van der Waals surface area (Å²) in [5.41, 5.74) is -0.610. The third kappa shape index (κ3) is 2.23. The summed E-state index contributed by atoms with van der Waals surface area (Å²) in [7, 11) is 0. The van der Waals surface area contributed by atoms with Gasteiger partial charge in [-0.1, -0.05) is 35.3 Å². The lowest BCUT2D eigenvalue weighted by atomic mass is 10.1. The first-order valence-corrected chi connectivity index (χ1v) is 5.53. The molecule has 2 aromatic rings. The molecule has 18 heavy (non-hydrogen) atoms. The maximum Gasteiger partial charge on any atom is 0.356 e. The number of aromatic amines is 1. The summed E-state index contributed by atoms with van der Waals surface area (Å²) < 4.78 is 0. The number of hydrogen-bond acceptors (Lipinski definition) is 3. The monoisotopic (exact) mass is 284 g/mol. The fourth-order valence-corrected chi connectivity index (χ4v) is 1.77. The molecule has 0 fully saturated rings. The Morgan fingerprint density at radius 1 is 1.33 bits per heavy atom. The van der Waals surface area contributed by atoms with Crippen LogP contribution in [0.25, 0.3) is 11.3 Å². The van der Waals surface area contributed by atoms with Crippen molar-refractivity contribution in [1.29, 1.82) is 0 Å². The van der Waals surface area contributed by atoms with Gasteiger partial charge in [0.2, 0.25) is 0 Å². The first-order valence-electron chi connectivity index (χ1n) is 4.78. The summed E-state index contributed by atoms with van der Waals surface area (Å²) in [6.07, 6.45) is 1.02. The van der Waals surface area contributed by atoms with Gasteiger partial charge in [0.15, 0.2) is 5.69 Å². The lowest BCUT2D eigenvalue weighted by Gasteiger charge is -2.04. The molecule has 1 heterocycles. The second-order valence-corrected chi connectivity index (χ2v) is 4.16. The maximum absolute atomic E-state index is 11.6. The molecule has 0 aliphatic heterocycles. The summed E-state index contributed by atoms with van der Waals surface area (Å²) in [6.45, 7) is 0. The first-order chi connectivity index (χ1) is 8.50. The van der Waals surface area contributed by atoms with Crippen LogP contribution in [0.2, 0.25) is 10.0 Å². The molecular weight excluding hydrogens is 279 g/mol. The molecule has 0 saturated carbocycles. The number of hydrogen-bond donors (Lipinski definition) is 2. The number of nitrogens with one attached hydrogen (secondary N) is 1. The van der Waals surface area contributed by atoms with Crippen LogP contribution in [0.4, 0.5) is 0 Å². The number of H-pyrrole nitrogens is 1. The number of rotatable bonds is 2. The number of carboxylic acids is 1. The number of aromatic carboxylic acids is 1. The molecule has 7 heteroatoms. The molecule has 5 nitrogen and oxygen atoms in total.